The molecule has 4 heteroatoms. The van der Waals surface area contributed by atoms with Crippen LogP contribution in [0, 0.1) is 0 Å². The van der Waals surface area contributed by atoms with Crippen molar-refractivity contribution in [1.82, 2.24) is 0 Å². The summed E-state index contributed by atoms with van der Waals surface area (Å²) in [6, 6.07) is 9.65. The van der Waals surface area contributed by atoms with Crippen LogP contribution < -0.4 is 0 Å². The van der Waals surface area contributed by atoms with Crippen LogP contribution in [-0.4, -0.2) is 46.8 Å². The molecule has 1 rings (SSSR count). The molecule has 1 aromatic rings. The molecule has 0 aromatic heterocycles. The van der Waals surface area contributed by atoms with Gasteiger partial charge >= 0.3 is 0 Å². The average molecular weight is 240 g/mol. The molecule has 17 heavy (non-hydrogen) atoms. The number of hydrogen-bond donors (Lipinski definition) is 3. The van der Waals surface area contributed by atoms with E-state index in [1.807, 2.05) is 30.3 Å². The van der Waals surface area contributed by atoms with Crippen molar-refractivity contribution in [3.8, 4) is 0 Å². The summed E-state index contributed by atoms with van der Waals surface area (Å²) < 4.78 is 5.46. The van der Waals surface area contributed by atoms with E-state index < -0.39 is 18.3 Å². The second kappa shape index (κ2) is 7.40. The van der Waals surface area contributed by atoms with Gasteiger partial charge in [-0.15, -0.1) is 0 Å². The highest BCUT2D eigenvalue weighted by molar-refractivity contribution is 5.15. The van der Waals surface area contributed by atoms with Gasteiger partial charge in [0.1, 0.15) is 6.10 Å². The van der Waals surface area contributed by atoms with Gasteiger partial charge < -0.3 is 20.1 Å². The fourth-order valence-corrected chi connectivity index (χ4v) is 1.59. The van der Waals surface area contributed by atoms with Gasteiger partial charge in [-0.3, -0.25) is 0 Å². The number of hydrogen-bond acceptors (Lipinski definition) is 4. The highest BCUT2D eigenvalue weighted by atomic mass is 16.5. The first-order valence-electron chi connectivity index (χ1n) is 5.76. The Kier molecular flexibility index (Phi) is 6.15. The summed E-state index contributed by atoms with van der Waals surface area (Å²) in [5, 5.41) is 27.6. The van der Waals surface area contributed by atoms with Gasteiger partial charge in [-0.05, 0) is 12.5 Å². The number of ether oxygens (including phenoxy) is 1. The summed E-state index contributed by atoms with van der Waals surface area (Å²) in [4.78, 5) is 0. The first kappa shape index (κ1) is 14.1. The molecule has 3 N–H and O–H groups in total. The van der Waals surface area contributed by atoms with Crippen molar-refractivity contribution in [3.63, 3.8) is 0 Å². The third-order valence-electron chi connectivity index (χ3n) is 2.60. The van der Waals surface area contributed by atoms with Gasteiger partial charge in [-0.25, -0.2) is 0 Å². The fourth-order valence-electron chi connectivity index (χ4n) is 1.59. The van der Waals surface area contributed by atoms with E-state index in [4.69, 9.17) is 9.84 Å². The van der Waals surface area contributed by atoms with Crippen LogP contribution in [0.5, 0.6) is 0 Å². The van der Waals surface area contributed by atoms with Crippen molar-refractivity contribution in [2.45, 2.75) is 31.7 Å². The van der Waals surface area contributed by atoms with Crippen LogP contribution in [0.3, 0.4) is 0 Å². The van der Waals surface area contributed by atoms with Gasteiger partial charge in [0.25, 0.3) is 0 Å². The van der Waals surface area contributed by atoms with Gasteiger partial charge in [0, 0.05) is 6.42 Å². The predicted octanol–water partition coefficient (Wildman–Crippen LogP) is 0.348. The normalized spacial score (nSPS) is 16.5. The maximum Gasteiger partial charge on any atom is 0.107 e. The molecule has 0 spiro atoms. The van der Waals surface area contributed by atoms with Crippen molar-refractivity contribution in [1.29, 1.82) is 0 Å². The summed E-state index contributed by atoms with van der Waals surface area (Å²) in [5.74, 6) is 0. The Hall–Kier alpha value is -0.940. The Bertz CT molecular complexity index is 300. The molecular weight excluding hydrogens is 220 g/mol. The molecule has 1 aromatic carbocycles. The third kappa shape index (κ3) is 4.83. The minimum absolute atomic E-state index is 0.141. The molecule has 96 valence electrons. The van der Waals surface area contributed by atoms with Crippen molar-refractivity contribution in [3.05, 3.63) is 35.9 Å². The van der Waals surface area contributed by atoms with E-state index in [0.717, 1.165) is 5.56 Å². The van der Waals surface area contributed by atoms with Crippen LogP contribution in [0.25, 0.3) is 0 Å². The van der Waals surface area contributed by atoms with Crippen LogP contribution in [0.1, 0.15) is 12.5 Å². The largest absolute Gasteiger partial charge is 0.394 e. The molecule has 3 atom stereocenters. The molecule has 0 saturated carbocycles. The summed E-state index contributed by atoms with van der Waals surface area (Å²) in [7, 11) is 0. The SMILES string of the molecule is C[C@@H](O)[C@@H](CO)O[C@H](CO)Cc1ccccc1. The fraction of sp³-hybridized carbons (Fsp3) is 0.538. The van der Waals surface area contributed by atoms with E-state index in [1.54, 1.807) is 6.92 Å². The van der Waals surface area contributed by atoms with E-state index in [1.165, 1.54) is 0 Å². The summed E-state index contributed by atoms with van der Waals surface area (Å²) >= 11 is 0. The molecule has 4 nitrogen and oxygen atoms in total. The Morgan fingerprint density at radius 3 is 2.24 bits per heavy atom. The molecule has 0 saturated heterocycles. The highest BCUT2D eigenvalue weighted by Gasteiger charge is 2.20. The van der Waals surface area contributed by atoms with Crippen molar-refractivity contribution >= 4 is 0 Å². The first-order valence-corrected chi connectivity index (χ1v) is 5.76. The Morgan fingerprint density at radius 1 is 1.12 bits per heavy atom. The zero-order chi connectivity index (χ0) is 12.7. The number of aliphatic hydroxyl groups excluding tert-OH is 3. The van der Waals surface area contributed by atoms with Gasteiger partial charge in [0.2, 0.25) is 0 Å². The quantitative estimate of drug-likeness (QED) is 0.643. The molecular formula is C13H20O4. The summed E-state index contributed by atoms with van der Waals surface area (Å²) in [6.45, 7) is 1.15. The van der Waals surface area contributed by atoms with Crippen LogP contribution in [0.15, 0.2) is 30.3 Å². The maximum absolute atomic E-state index is 9.36. The lowest BCUT2D eigenvalue weighted by molar-refractivity contribution is -0.104. The molecule has 0 bridgehead atoms. The average Bonchev–Trinajstić information content (AvgIpc) is 2.35. The number of aliphatic hydroxyl groups is 3. The summed E-state index contributed by atoms with van der Waals surface area (Å²) in [6.07, 6.45) is -1.27. The topological polar surface area (TPSA) is 69.9 Å². The second-order valence-electron chi connectivity index (χ2n) is 4.09. The van der Waals surface area contributed by atoms with Crippen LogP contribution in [0.4, 0.5) is 0 Å². The van der Waals surface area contributed by atoms with E-state index in [-0.39, 0.29) is 13.2 Å². The first-order chi connectivity index (χ1) is 8.17. The van der Waals surface area contributed by atoms with Crippen molar-refractivity contribution < 1.29 is 20.1 Å². The summed E-state index contributed by atoms with van der Waals surface area (Å²) in [5.41, 5.74) is 1.05. The van der Waals surface area contributed by atoms with Crippen LogP contribution in [-0.2, 0) is 11.2 Å². The smallest absolute Gasteiger partial charge is 0.107 e. The minimum Gasteiger partial charge on any atom is -0.394 e. The molecule has 0 fully saturated rings. The molecule has 0 aliphatic carbocycles. The zero-order valence-electron chi connectivity index (χ0n) is 9.99. The predicted molar refractivity (Wildman–Crippen MR) is 64.7 cm³/mol. The molecule has 0 aliphatic rings. The second-order valence-corrected chi connectivity index (χ2v) is 4.09. The van der Waals surface area contributed by atoms with E-state index in [9.17, 15) is 10.2 Å². The monoisotopic (exact) mass is 240 g/mol. The molecule has 0 unspecified atom stereocenters. The molecule has 0 heterocycles. The van der Waals surface area contributed by atoms with Crippen molar-refractivity contribution in [2.75, 3.05) is 13.2 Å². The standard InChI is InChI=1S/C13H20O4/c1-10(16)13(9-15)17-12(8-14)7-11-5-3-2-4-6-11/h2-6,10,12-16H,7-9H2,1H3/t10-,12+,13-/m1/s1. The van der Waals surface area contributed by atoms with Gasteiger partial charge in [-0.1, -0.05) is 30.3 Å². The van der Waals surface area contributed by atoms with Crippen LogP contribution >= 0.6 is 0 Å². The number of benzene rings is 1. The number of rotatable bonds is 7. The zero-order valence-corrected chi connectivity index (χ0v) is 9.99. The molecule has 0 aliphatic heterocycles. The lowest BCUT2D eigenvalue weighted by Crippen LogP contribution is -2.36. The Balaban J connectivity index is 2.54. The Labute approximate surface area is 101 Å². The van der Waals surface area contributed by atoms with E-state index in [2.05, 4.69) is 0 Å². The van der Waals surface area contributed by atoms with E-state index in [0.29, 0.717) is 6.42 Å². The lowest BCUT2D eigenvalue weighted by Gasteiger charge is -2.24. The maximum atomic E-state index is 9.36. The van der Waals surface area contributed by atoms with E-state index >= 15 is 0 Å². The molecule has 0 radical (unpaired) electrons. The van der Waals surface area contributed by atoms with Gasteiger partial charge in [0.15, 0.2) is 0 Å². The minimum atomic E-state index is -0.759. The van der Waals surface area contributed by atoms with Gasteiger partial charge in [-0.2, -0.15) is 0 Å². The lowest BCUT2D eigenvalue weighted by atomic mass is 10.1. The third-order valence-corrected chi connectivity index (χ3v) is 2.60. The molecule has 0 amide bonds. The van der Waals surface area contributed by atoms with Gasteiger partial charge in [0.05, 0.1) is 25.4 Å². The Morgan fingerprint density at radius 2 is 1.76 bits per heavy atom. The van der Waals surface area contributed by atoms with Crippen LogP contribution in [0.2, 0.25) is 0 Å². The van der Waals surface area contributed by atoms with Crippen molar-refractivity contribution in [2.24, 2.45) is 0 Å². The highest BCUT2D eigenvalue weighted by Crippen LogP contribution is 2.09.